The molecule has 0 aliphatic carbocycles. The van der Waals surface area contributed by atoms with Crippen LogP contribution < -0.4 is 0 Å². The summed E-state index contributed by atoms with van der Waals surface area (Å²) in [6.45, 7) is 2.06. The van der Waals surface area contributed by atoms with Gasteiger partial charge in [0.1, 0.15) is 0 Å². The van der Waals surface area contributed by atoms with E-state index in [0.29, 0.717) is 25.8 Å². The molecule has 7 heteroatoms. The Morgan fingerprint density at radius 3 is 2.29 bits per heavy atom. The van der Waals surface area contributed by atoms with Crippen molar-refractivity contribution in [3.63, 3.8) is 0 Å². The Labute approximate surface area is 133 Å². The largest absolute Gasteiger partial charge is 0.385 e. The molecule has 0 unspecified atom stereocenters. The summed E-state index contributed by atoms with van der Waals surface area (Å²) in [5, 5.41) is 10.7. The molecule has 1 heterocycles. The molecule has 1 aliphatic heterocycles. The monoisotopic (exact) mass is 377 g/mol. The van der Waals surface area contributed by atoms with Crippen LogP contribution in [0.3, 0.4) is 0 Å². The SMILES string of the molecule is O=S(=O)(O)CCCN1CCC(O)(c2ccc(Br)cc2)CC1. The van der Waals surface area contributed by atoms with Gasteiger partial charge < -0.3 is 10.0 Å². The predicted molar refractivity (Wildman–Crippen MR) is 84.7 cm³/mol. The average molecular weight is 378 g/mol. The molecule has 0 amide bonds. The second kappa shape index (κ2) is 6.75. The molecule has 1 aliphatic rings. The van der Waals surface area contributed by atoms with Gasteiger partial charge in [0.2, 0.25) is 0 Å². The van der Waals surface area contributed by atoms with Crippen LogP contribution in [0.25, 0.3) is 0 Å². The highest BCUT2D eigenvalue weighted by Crippen LogP contribution is 2.33. The van der Waals surface area contributed by atoms with Crippen molar-refractivity contribution < 1.29 is 18.1 Å². The van der Waals surface area contributed by atoms with Gasteiger partial charge in [0.05, 0.1) is 11.4 Å². The fourth-order valence-corrected chi connectivity index (χ4v) is 3.42. The highest BCUT2D eigenvalue weighted by molar-refractivity contribution is 9.10. The van der Waals surface area contributed by atoms with Crippen molar-refractivity contribution in [2.75, 3.05) is 25.4 Å². The van der Waals surface area contributed by atoms with E-state index in [4.69, 9.17) is 4.55 Å². The molecular formula is C14H20BrNO4S. The number of likely N-dealkylation sites (tertiary alicyclic amines) is 1. The second-order valence-corrected chi connectivity index (χ2v) is 8.01. The Hall–Kier alpha value is -0.470. The first-order chi connectivity index (χ1) is 9.78. The Bertz CT molecular complexity index is 565. The van der Waals surface area contributed by atoms with Gasteiger partial charge in [-0.15, -0.1) is 0 Å². The molecule has 1 fully saturated rings. The zero-order valence-corrected chi connectivity index (χ0v) is 14.1. The third-order valence-electron chi connectivity index (χ3n) is 3.94. The first kappa shape index (κ1) is 16.9. The summed E-state index contributed by atoms with van der Waals surface area (Å²) >= 11 is 3.38. The molecule has 2 rings (SSSR count). The topological polar surface area (TPSA) is 77.8 Å². The molecule has 1 saturated heterocycles. The van der Waals surface area contributed by atoms with Gasteiger partial charge in [-0.3, -0.25) is 4.55 Å². The van der Waals surface area contributed by atoms with Crippen LogP contribution >= 0.6 is 15.9 Å². The summed E-state index contributed by atoms with van der Waals surface area (Å²) in [5.41, 5.74) is 0.114. The van der Waals surface area contributed by atoms with E-state index in [2.05, 4.69) is 20.8 Å². The summed E-state index contributed by atoms with van der Waals surface area (Å²) in [6, 6.07) is 7.70. The predicted octanol–water partition coefficient (Wildman–Crippen LogP) is 2.01. The number of benzene rings is 1. The van der Waals surface area contributed by atoms with Crippen LogP contribution in [0.15, 0.2) is 28.7 Å². The smallest absolute Gasteiger partial charge is 0.264 e. The first-order valence-electron chi connectivity index (χ1n) is 6.94. The van der Waals surface area contributed by atoms with Crippen LogP contribution in [0.1, 0.15) is 24.8 Å². The van der Waals surface area contributed by atoms with E-state index < -0.39 is 15.7 Å². The number of rotatable bonds is 5. The maximum atomic E-state index is 10.7. The van der Waals surface area contributed by atoms with Gasteiger partial charge in [-0.1, -0.05) is 28.1 Å². The normalized spacial score (nSPS) is 19.6. The lowest BCUT2D eigenvalue weighted by molar-refractivity contribution is -0.0257. The minimum absolute atomic E-state index is 0.208. The molecular weight excluding hydrogens is 358 g/mol. The summed E-state index contributed by atoms with van der Waals surface area (Å²) in [7, 11) is -3.88. The molecule has 5 nitrogen and oxygen atoms in total. The molecule has 1 aromatic rings. The zero-order chi connectivity index (χ0) is 15.5. The summed E-state index contributed by atoms with van der Waals surface area (Å²) in [4.78, 5) is 2.12. The van der Waals surface area contributed by atoms with Crippen molar-refractivity contribution in [1.29, 1.82) is 0 Å². The van der Waals surface area contributed by atoms with Crippen LogP contribution in [0.4, 0.5) is 0 Å². The minimum atomic E-state index is -3.88. The number of piperidine rings is 1. The van der Waals surface area contributed by atoms with Crippen molar-refractivity contribution in [3.8, 4) is 0 Å². The van der Waals surface area contributed by atoms with Gasteiger partial charge >= 0.3 is 0 Å². The Balaban J connectivity index is 1.86. The summed E-state index contributed by atoms with van der Waals surface area (Å²) in [5.74, 6) is -0.208. The summed E-state index contributed by atoms with van der Waals surface area (Å²) < 4.78 is 31.1. The Kier molecular flexibility index (Phi) is 5.43. The minimum Gasteiger partial charge on any atom is -0.385 e. The van der Waals surface area contributed by atoms with Gasteiger partial charge in [0, 0.05) is 17.6 Å². The maximum absolute atomic E-state index is 10.7. The highest BCUT2D eigenvalue weighted by atomic mass is 79.9. The number of hydrogen-bond acceptors (Lipinski definition) is 4. The Morgan fingerprint density at radius 1 is 1.19 bits per heavy atom. The van der Waals surface area contributed by atoms with Crippen molar-refractivity contribution in [2.24, 2.45) is 0 Å². The molecule has 0 atom stereocenters. The van der Waals surface area contributed by atoms with E-state index in [0.717, 1.165) is 23.1 Å². The standard InChI is InChI=1S/C14H20BrNO4S/c15-13-4-2-12(3-5-13)14(17)6-9-16(10-7-14)8-1-11-21(18,19)20/h2-5,17H,1,6-11H2,(H,18,19,20). The van der Waals surface area contributed by atoms with Crippen LogP contribution in [0.5, 0.6) is 0 Å². The molecule has 21 heavy (non-hydrogen) atoms. The van der Waals surface area contributed by atoms with Crippen LogP contribution in [0, 0.1) is 0 Å². The molecule has 2 N–H and O–H groups in total. The third kappa shape index (κ3) is 5.03. The van der Waals surface area contributed by atoms with Crippen LogP contribution in [0.2, 0.25) is 0 Å². The van der Waals surface area contributed by atoms with Gasteiger partial charge in [-0.25, -0.2) is 0 Å². The van der Waals surface area contributed by atoms with Crippen molar-refractivity contribution in [2.45, 2.75) is 24.9 Å². The third-order valence-corrected chi connectivity index (χ3v) is 5.27. The second-order valence-electron chi connectivity index (χ2n) is 5.52. The van der Waals surface area contributed by atoms with Gasteiger partial charge in [-0.05, 0) is 43.5 Å². The average Bonchev–Trinajstić information content (AvgIpc) is 2.40. The lowest BCUT2D eigenvalue weighted by Crippen LogP contribution is -2.43. The van der Waals surface area contributed by atoms with Crippen LogP contribution in [-0.2, 0) is 15.7 Å². The number of halogens is 1. The van der Waals surface area contributed by atoms with E-state index in [1.54, 1.807) is 0 Å². The van der Waals surface area contributed by atoms with E-state index in [1.165, 1.54) is 0 Å². The van der Waals surface area contributed by atoms with E-state index in [-0.39, 0.29) is 5.75 Å². The molecule has 0 aromatic heterocycles. The molecule has 1 aromatic carbocycles. The molecule has 0 saturated carbocycles. The number of hydrogen-bond donors (Lipinski definition) is 2. The van der Waals surface area contributed by atoms with Gasteiger partial charge in [0.25, 0.3) is 10.1 Å². The fraction of sp³-hybridized carbons (Fsp3) is 0.571. The van der Waals surface area contributed by atoms with Crippen molar-refractivity contribution in [1.82, 2.24) is 4.90 Å². The quantitative estimate of drug-likeness (QED) is 0.767. The van der Waals surface area contributed by atoms with Gasteiger partial charge in [-0.2, -0.15) is 8.42 Å². The summed E-state index contributed by atoms with van der Waals surface area (Å²) in [6.07, 6.45) is 1.66. The lowest BCUT2D eigenvalue weighted by atomic mass is 9.84. The highest BCUT2D eigenvalue weighted by Gasteiger charge is 2.33. The maximum Gasteiger partial charge on any atom is 0.264 e. The van der Waals surface area contributed by atoms with E-state index in [1.807, 2.05) is 24.3 Å². The number of nitrogens with zero attached hydrogens (tertiary/aromatic N) is 1. The lowest BCUT2D eigenvalue weighted by Gasteiger charge is -2.38. The first-order valence-corrected chi connectivity index (χ1v) is 9.35. The molecule has 0 spiro atoms. The van der Waals surface area contributed by atoms with E-state index >= 15 is 0 Å². The molecule has 118 valence electrons. The van der Waals surface area contributed by atoms with Crippen molar-refractivity contribution >= 4 is 26.0 Å². The molecule has 0 bridgehead atoms. The Morgan fingerprint density at radius 2 is 1.76 bits per heavy atom. The number of aliphatic hydroxyl groups is 1. The van der Waals surface area contributed by atoms with Crippen molar-refractivity contribution in [3.05, 3.63) is 34.3 Å². The molecule has 0 radical (unpaired) electrons. The van der Waals surface area contributed by atoms with Gasteiger partial charge in [0.15, 0.2) is 0 Å². The van der Waals surface area contributed by atoms with Crippen LogP contribution in [-0.4, -0.2) is 48.4 Å². The fourth-order valence-electron chi connectivity index (χ4n) is 2.67. The van der Waals surface area contributed by atoms with E-state index in [9.17, 15) is 13.5 Å². The zero-order valence-electron chi connectivity index (χ0n) is 11.7.